The summed E-state index contributed by atoms with van der Waals surface area (Å²) in [5, 5.41) is 15.0. The number of para-hydroxylation sites is 1. The zero-order chi connectivity index (χ0) is 15.9. The lowest BCUT2D eigenvalue weighted by molar-refractivity contribution is -0.385. The number of esters is 1. The van der Waals surface area contributed by atoms with E-state index in [1.54, 1.807) is 23.6 Å². The molecule has 114 valence electrons. The number of nitro benzene ring substituents is 1. The van der Waals surface area contributed by atoms with Gasteiger partial charge in [-0.2, -0.15) is 0 Å². The monoisotopic (exact) mass is 320 g/mol. The summed E-state index contributed by atoms with van der Waals surface area (Å²) < 4.78 is 4.93. The molecule has 8 heteroatoms. The molecule has 2 aromatic rings. The summed E-state index contributed by atoms with van der Waals surface area (Å²) in [5.74, 6) is -1.03. The van der Waals surface area contributed by atoms with Crippen molar-refractivity contribution in [2.45, 2.75) is 6.61 Å². The van der Waals surface area contributed by atoms with Gasteiger partial charge in [0.1, 0.15) is 13.2 Å². The Bertz CT molecular complexity index is 684. The van der Waals surface area contributed by atoms with Crippen LogP contribution in [-0.2, 0) is 16.1 Å². The molecule has 7 nitrogen and oxygen atoms in total. The Balaban J connectivity index is 1.83. The number of ether oxygens (including phenoxy) is 1. The van der Waals surface area contributed by atoms with E-state index in [2.05, 4.69) is 5.32 Å². The van der Waals surface area contributed by atoms with Gasteiger partial charge in [0.25, 0.3) is 11.6 Å². The van der Waals surface area contributed by atoms with E-state index < -0.39 is 10.9 Å². The number of thiophene rings is 1. The SMILES string of the molecule is O=C(CNC(=O)c1cccs1)OCc1ccccc1[N+](=O)[O-]. The second kappa shape index (κ2) is 7.32. The molecule has 1 aromatic carbocycles. The van der Waals surface area contributed by atoms with Crippen molar-refractivity contribution in [1.29, 1.82) is 0 Å². The van der Waals surface area contributed by atoms with Crippen LogP contribution in [0.4, 0.5) is 5.69 Å². The predicted octanol–water partition coefficient (Wildman–Crippen LogP) is 2.13. The average Bonchev–Trinajstić information content (AvgIpc) is 3.05. The van der Waals surface area contributed by atoms with Gasteiger partial charge in [0.2, 0.25) is 0 Å². The van der Waals surface area contributed by atoms with Gasteiger partial charge in [0.15, 0.2) is 0 Å². The van der Waals surface area contributed by atoms with Crippen LogP contribution in [0.25, 0.3) is 0 Å². The van der Waals surface area contributed by atoms with Crippen molar-refractivity contribution in [3.05, 3.63) is 62.3 Å². The summed E-state index contributed by atoms with van der Waals surface area (Å²) in [5.41, 5.74) is 0.184. The highest BCUT2D eigenvalue weighted by molar-refractivity contribution is 7.12. The Morgan fingerprint density at radius 3 is 2.68 bits per heavy atom. The third kappa shape index (κ3) is 4.13. The van der Waals surface area contributed by atoms with Crippen LogP contribution in [0.1, 0.15) is 15.2 Å². The summed E-state index contributed by atoms with van der Waals surface area (Å²) in [4.78, 5) is 34.0. The molecule has 0 atom stereocenters. The van der Waals surface area contributed by atoms with Crippen molar-refractivity contribution < 1.29 is 19.2 Å². The van der Waals surface area contributed by atoms with E-state index in [0.717, 1.165) is 0 Å². The molecule has 0 fully saturated rings. The van der Waals surface area contributed by atoms with E-state index in [-0.39, 0.29) is 24.7 Å². The molecule has 0 saturated carbocycles. The topological polar surface area (TPSA) is 98.5 Å². The molecule has 22 heavy (non-hydrogen) atoms. The molecule has 0 saturated heterocycles. The maximum Gasteiger partial charge on any atom is 0.325 e. The zero-order valence-electron chi connectivity index (χ0n) is 11.4. The fourth-order valence-electron chi connectivity index (χ4n) is 1.67. The first-order chi connectivity index (χ1) is 10.6. The first-order valence-electron chi connectivity index (χ1n) is 6.27. The minimum atomic E-state index is -0.664. The number of carbonyl (C=O) groups is 2. The molecule has 1 amide bonds. The van der Waals surface area contributed by atoms with Gasteiger partial charge in [0, 0.05) is 6.07 Å². The van der Waals surface area contributed by atoms with Crippen LogP contribution in [0.5, 0.6) is 0 Å². The fraction of sp³-hybridized carbons (Fsp3) is 0.143. The largest absolute Gasteiger partial charge is 0.459 e. The quantitative estimate of drug-likeness (QED) is 0.499. The molecule has 1 aromatic heterocycles. The highest BCUT2D eigenvalue weighted by Crippen LogP contribution is 2.18. The molecule has 1 N–H and O–H groups in total. The lowest BCUT2D eigenvalue weighted by Gasteiger charge is -2.06. The summed E-state index contributed by atoms with van der Waals surface area (Å²) in [6, 6.07) is 9.36. The molecule has 1 heterocycles. The van der Waals surface area contributed by atoms with E-state index in [1.165, 1.54) is 29.5 Å². The van der Waals surface area contributed by atoms with Crippen LogP contribution in [0.3, 0.4) is 0 Å². The van der Waals surface area contributed by atoms with Crippen LogP contribution in [0.15, 0.2) is 41.8 Å². The molecule has 0 bridgehead atoms. The number of hydrogen-bond donors (Lipinski definition) is 1. The number of nitro groups is 1. The average molecular weight is 320 g/mol. The van der Waals surface area contributed by atoms with Crippen LogP contribution >= 0.6 is 11.3 Å². The van der Waals surface area contributed by atoms with Crippen molar-refractivity contribution in [2.24, 2.45) is 0 Å². The molecular formula is C14H12N2O5S. The maximum atomic E-state index is 11.6. The summed E-state index contributed by atoms with van der Waals surface area (Å²) in [6.07, 6.45) is 0. The lowest BCUT2D eigenvalue weighted by atomic mass is 10.2. The Hall–Kier alpha value is -2.74. The molecule has 0 unspecified atom stereocenters. The molecule has 0 spiro atoms. The first kappa shape index (κ1) is 15.6. The normalized spacial score (nSPS) is 10.0. The van der Waals surface area contributed by atoms with E-state index in [9.17, 15) is 19.7 Å². The summed E-state index contributed by atoms with van der Waals surface area (Å²) >= 11 is 1.26. The number of carbonyl (C=O) groups excluding carboxylic acids is 2. The van der Waals surface area contributed by atoms with E-state index >= 15 is 0 Å². The highest BCUT2D eigenvalue weighted by atomic mass is 32.1. The maximum absolute atomic E-state index is 11.6. The minimum Gasteiger partial charge on any atom is -0.459 e. The van der Waals surface area contributed by atoms with Gasteiger partial charge < -0.3 is 10.1 Å². The molecular weight excluding hydrogens is 308 g/mol. The second-order valence-corrected chi connectivity index (χ2v) is 5.15. The molecule has 0 aliphatic heterocycles. The van der Waals surface area contributed by atoms with E-state index in [4.69, 9.17) is 4.74 Å². The first-order valence-corrected chi connectivity index (χ1v) is 7.15. The molecule has 2 rings (SSSR count). The number of rotatable bonds is 6. The van der Waals surface area contributed by atoms with Gasteiger partial charge in [-0.15, -0.1) is 11.3 Å². The van der Waals surface area contributed by atoms with Crippen LogP contribution < -0.4 is 5.32 Å². The smallest absolute Gasteiger partial charge is 0.325 e. The Kier molecular flexibility index (Phi) is 5.21. The van der Waals surface area contributed by atoms with Gasteiger partial charge in [0.05, 0.1) is 15.4 Å². The summed E-state index contributed by atoms with van der Waals surface area (Å²) in [6.45, 7) is -0.512. The van der Waals surface area contributed by atoms with Gasteiger partial charge >= 0.3 is 5.97 Å². The van der Waals surface area contributed by atoms with Crippen molar-refractivity contribution in [3.8, 4) is 0 Å². The van der Waals surface area contributed by atoms with Crippen molar-refractivity contribution in [2.75, 3.05) is 6.54 Å². The third-order valence-electron chi connectivity index (χ3n) is 2.72. The predicted molar refractivity (Wildman–Crippen MR) is 79.5 cm³/mol. The second-order valence-electron chi connectivity index (χ2n) is 4.21. The van der Waals surface area contributed by atoms with Crippen molar-refractivity contribution >= 4 is 28.9 Å². The number of hydrogen-bond acceptors (Lipinski definition) is 6. The number of nitrogens with zero attached hydrogens (tertiary/aromatic N) is 1. The molecule has 0 aliphatic rings. The Labute approximate surface area is 129 Å². The Morgan fingerprint density at radius 2 is 2.00 bits per heavy atom. The highest BCUT2D eigenvalue weighted by Gasteiger charge is 2.15. The van der Waals surface area contributed by atoms with Crippen LogP contribution in [0, 0.1) is 10.1 Å². The van der Waals surface area contributed by atoms with Gasteiger partial charge in [-0.05, 0) is 17.5 Å². The van der Waals surface area contributed by atoms with Crippen molar-refractivity contribution in [1.82, 2.24) is 5.32 Å². The standard InChI is InChI=1S/C14H12N2O5S/c17-13(8-15-14(18)12-6-3-7-22-12)21-9-10-4-1-2-5-11(10)16(19)20/h1-7H,8-9H2,(H,15,18). The molecule has 0 aliphatic carbocycles. The van der Waals surface area contributed by atoms with Crippen LogP contribution in [0.2, 0.25) is 0 Å². The lowest BCUT2D eigenvalue weighted by Crippen LogP contribution is -2.30. The number of amides is 1. The zero-order valence-corrected chi connectivity index (χ0v) is 12.2. The van der Waals surface area contributed by atoms with Gasteiger partial charge in [-0.1, -0.05) is 18.2 Å². The molecule has 0 radical (unpaired) electrons. The van der Waals surface area contributed by atoms with Crippen LogP contribution in [-0.4, -0.2) is 23.3 Å². The number of nitrogens with one attached hydrogen (secondary N) is 1. The van der Waals surface area contributed by atoms with Gasteiger partial charge in [-0.3, -0.25) is 19.7 Å². The van der Waals surface area contributed by atoms with Gasteiger partial charge in [-0.25, -0.2) is 0 Å². The fourth-order valence-corrected chi connectivity index (χ4v) is 2.31. The Morgan fingerprint density at radius 1 is 1.23 bits per heavy atom. The minimum absolute atomic E-state index is 0.113. The number of benzene rings is 1. The van der Waals surface area contributed by atoms with E-state index in [1.807, 2.05) is 0 Å². The third-order valence-corrected chi connectivity index (χ3v) is 3.58. The van der Waals surface area contributed by atoms with E-state index in [0.29, 0.717) is 10.4 Å². The van der Waals surface area contributed by atoms with Crippen molar-refractivity contribution in [3.63, 3.8) is 0 Å². The summed E-state index contributed by atoms with van der Waals surface area (Å²) in [7, 11) is 0.